The van der Waals surface area contributed by atoms with E-state index in [2.05, 4.69) is 54.8 Å². The van der Waals surface area contributed by atoms with E-state index < -0.39 is 0 Å². The Hall–Kier alpha value is -3.52. The first-order valence-corrected chi connectivity index (χ1v) is 13.6. The van der Waals surface area contributed by atoms with Gasteiger partial charge < -0.3 is 16.0 Å². The van der Waals surface area contributed by atoms with E-state index in [1.165, 1.54) is 0 Å². The zero-order chi connectivity index (χ0) is 27.4. The van der Waals surface area contributed by atoms with Crippen LogP contribution >= 0.6 is 0 Å². The lowest BCUT2D eigenvalue weighted by molar-refractivity contribution is -0.127. The molecule has 2 aliphatic rings. The summed E-state index contributed by atoms with van der Waals surface area (Å²) in [5.74, 6) is 0.107. The van der Waals surface area contributed by atoms with E-state index in [9.17, 15) is 9.59 Å². The van der Waals surface area contributed by atoms with E-state index in [0.717, 1.165) is 49.2 Å². The first kappa shape index (κ1) is 27.5. The van der Waals surface area contributed by atoms with Gasteiger partial charge in [0.25, 0.3) is 5.91 Å². The molecule has 0 unspecified atom stereocenters. The molecule has 0 saturated carbocycles. The van der Waals surface area contributed by atoms with Crippen molar-refractivity contribution in [2.75, 3.05) is 25.0 Å². The van der Waals surface area contributed by atoms with Crippen molar-refractivity contribution < 1.29 is 9.59 Å². The Kier molecular flexibility index (Phi) is 8.31. The number of carbonyl (C=O) groups excluding carboxylic acids is 2. The minimum Gasteiger partial charge on any atom is -0.387 e. The third kappa shape index (κ3) is 6.30. The van der Waals surface area contributed by atoms with Crippen LogP contribution in [0.3, 0.4) is 0 Å². The van der Waals surface area contributed by atoms with E-state index in [1.54, 1.807) is 18.3 Å². The maximum atomic E-state index is 13.2. The summed E-state index contributed by atoms with van der Waals surface area (Å²) in [7, 11) is 0. The van der Waals surface area contributed by atoms with Gasteiger partial charge in [-0.3, -0.25) is 19.5 Å². The topological polar surface area (TPSA) is 104 Å². The average molecular weight is 517 g/mol. The monoisotopic (exact) mass is 516 g/mol. The average Bonchev–Trinajstić information content (AvgIpc) is 3.04. The van der Waals surface area contributed by atoms with Gasteiger partial charge in [-0.05, 0) is 63.5 Å². The molecule has 202 valence electrons. The molecule has 2 aliphatic heterocycles. The van der Waals surface area contributed by atoms with Crippen molar-refractivity contribution in [2.45, 2.75) is 72.4 Å². The largest absolute Gasteiger partial charge is 0.387 e. The van der Waals surface area contributed by atoms with E-state index in [0.29, 0.717) is 41.4 Å². The maximum Gasteiger partial charge on any atom is 0.255 e. The van der Waals surface area contributed by atoms with Gasteiger partial charge in [-0.15, -0.1) is 0 Å². The molecule has 0 spiro atoms. The van der Waals surface area contributed by atoms with Gasteiger partial charge in [-0.1, -0.05) is 19.9 Å². The summed E-state index contributed by atoms with van der Waals surface area (Å²) in [6.45, 7) is 14.0. The Morgan fingerprint density at radius 3 is 2.55 bits per heavy atom. The highest BCUT2D eigenvalue weighted by molar-refractivity contribution is 6.07. The van der Waals surface area contributed by atoms with Crippen molar-refractivity contribution in [3.63, 3.8) is 0 Å². The second-order valence-electron chi connectivity index (χ2n) is 11.1. The van der Waals surface area contributed by atoms with Crippen molar-refractivity contribution in [3.05, 3.63) is 58.4 Å². The van der Waals surface area contributed by atoms with Gasteiger partial charge in [-0.2, -0.15) is 0 Å². The quantitative estimate of drug-likeness (QED) is 0.544. The van der Waals surface area contributed by atoms with Gasteiger partial charge in [0.15, 0.2) is 0 Å². The van der Waals surface area contributed by atoms with Crippen molar-refractivity contribution in [2.24, 2.45) is 10.7 Å². The molecule has 0 atom stereocenters. The fraction of sp³-hybridized carbons (Fsp3) is 0.467. The van der Waals surface area contributed by atoms with E-state index in [-0.39, 0.29) is 23.8 Å². The number of amides is 2. The number of rotatable bonds is 7. The number of benzene rings is 1. The van der Waals surface area contributed by atoms with E-state index in [1.807, 2.05) is 23.1 Å². The smallest absolute Gasteiger partial charge is 0.255 e. The number of nitrogens with one attached hydrogen (secondary N) is 1. The Morgan fingerprint density at radius 1 is 1.13 bits per heavy atom. The second-order valence-corrected chi connectivity index (χ2v) is 11.1. The summed E-state index contributed by atoms with van der Waals surface area (Å²) in [6, 6.07) is 7.34. The number of fused-ring (bicyclic) bond motifs is 2. The standard InChI is InChI=1S/C30H40N6O2/c1-6-11-35(12-7-2)29(38)22-14-20-8-9-21(16-26(20)34-27(31)17-22)28(37)33-24-15-23-19-36(30(3,4)5)13-10-25(23)32-18-24/h8-9,14-16,18H,6-7,10-13,17,19H2,1-5H3,(H2,31,34)(H,33,37). The number of nitrogens with zero attached hydrogens (tertiary/aromatic N) is 4. The molecule has 8 nitrogen and oxygen atoms in total. The summed E-state index contributed by atoms with van der Waals surface area (Å²) in [6.07, 6.45) is 6.55. The van der Waals surface area contributed by atoms with Crippen molar-refractivity contribution in [1.29, 1.82) is 0 Å². The molecule has 0 bridgehead atoms. The van der Waals surface area contributed by atoms with Gasteiger partial charge in [0.2, 0.25) is 5.91 Å². The van der Waals surface area contributed by atoms with Crippen LogP contribution in [0.2, 0.25) is 0 Å². The minimum atomic E-state index is -0.242. The molecule has 3 N–H and O–H groups in total. The first-order chi connectivity index (χ1) is 18.1. The van der Waals surface area contributed by atoms with E-state index in [4.69, 9.17) is 5.73 Å². The van der Waals surface area contributed by atoms with Crippen molar-refractivity contribution in [1.82, 2.24) is 14.8 Å². The number of amidine groups is 1. The lowest BCUT2D eigenvalue weighted by atomic mass is 9.98. The fourth-order valence-electron chi connectivity index (χ4n) is 5.00. The highest BCUT2D eigenvalue weighted by Gasteiger charge is 2.27. The first-order valence-electron chi connectivity index (χ1n) is 13.6. The SMILES string of the molecule is CCCN(CCC)C(=O)C1=Cc2ccc(C(=O)Nc3cnc4c(c3)CN(C(C)(C)C)CC4)cc2N=C(N)C1. The predicted molar refractivity (Wildman–Crippen MR) is 154 cm³/mol. The third-order valence-electron chi connectivity index (χ3n) is 7.05. The van der Waals surface area contributed by atoms with Crippen LogP contribution < -0.4 is 11.1 Å². The molecule has 0 aliphatic carbocycles. The van der Waals surface area contributed by atoms with Gasteiger partial charge in [0, 0.05) is 67.0 Å². The molecule has 8 heteroatoms. The molecule has 0 radical (unpaired) electrons. The molecule has 2 aromatic rings. The Balaban J connectivity index is 1.54. The Morgan fingerprint density at radius 2 is 1.87 bits per heavy atom. The van der Waals surface area contributed by atoms with Crippen LogP contribution in [0.5, 0.6) is 0 Å². The molecule has 38 heavy (non-hydrogen) atoms. The van der Waals surface area contributed by atoms with Gasteiger partial charge in [-0.25, -0.2) is 4.99 Å². The number of aliphatic imine (C=N–C) groups is 1. The zero-order valence-electron chi connectivity index (χ0n) is 23.3. The van der Waals surface area contributed by atoms with Crippen LogP contribution in [0, 0.1) is 0 Å². The van der Waals surface area contributed by atoms with Gasteiger partial charge in [0.05, 0.1) is 17.6 Å². The normalized spacial score (nSPS) is 15.5. The highest BCUT2D eigenvalue weighted by Crippen LogP contribution is 2.30. The van der Waals surface area contributed by atoms with Crippen LogP contribution in [0.1, 0.15) is 81.1 Å². The second kappa shape index (κ2) is 11.5. The van der Waals surface area contributed by atoms with Crippen molar-refractivity contribution in [3.8, 4) is 0 Å². The van der Waals surface area contributed by atoms with Crippen LogP contribution in [-0.4, -0.2) is 57.6 Å². The van der Waals surface area contributed by atoms with Crippen LogP contribution in [0.15, 0.2) is 41.0 Å². The van der Waals surface area contributed by atoms with E-state index >= 15 is 0 Å². The summed E-state index contributed by atoms with van der Waals surface area (Å²) in [4.78, 5) is 39.8. The number of hydrogen-bond acceptors (Lipinski definition) is 6. The van der Waals surface area contributed by atoms with Gasteiger partial charge >= 0.3 is 0 Å². The van der Waals surface area contributed by atoms with Gasteiger partial charge in [0.1, 0.15) is 5.84 Å². The molecule has 0 saturated heterocycles. The molecular weight excluding hydrogens is 476 g/mol. The van der Waals surface area contributed by atoms with Crippen LogP contribution in [0.25, 0.3) is 6.08 Å². The predicted octanol–water partition coefficient (Wildman–Crippen LogP) is 4.91. The Bertz CT molecular complexity index is 1270. The number of hydrogen-bond donors (Lipinski definition) is 2. The highest BCUT2D eigenvalue weighted by atomic mass is 16.2. The number of aromatic nitrogens is 1. The van der Waals surface area contributed by atoms with Crippen LogP contribution in [-0.2, 0) is 17.8 Å². The molecule has 2 amide bonds. The molecule has 3 heterocycles. The lowest BCUT2D eigenvalue weighted by Gasteiger charge is -2.38. The zero-order valence-corrected chi connectivity index (χ0v) is 23.3. The Labute approximate surface area is 226 Å². The number of anilines is 1. The summed E-state index contributed by atoms with van der Waals surface area (Å²) in [5, 5.41) is 2.99. The summed E-state index contributed by atoms with van der Waals surface area (Å²) < 4.78 is 0. The molecule has 4 rings (SSSR count). The summed E-state index contributed by atoms with van der Waals surface area (Å²) in [5.41, 5.74) is 11.6. The molecule has 0 fully saturated rings. The molecular formula is C30H40N6O2. The number of pyridine rings is 1. The maximum absolute atomic E-state index is 13.2. The molecule has 1 aromatic heterocycles. The third-order valence-corrected chi connectivity index (χ3v) is 7.05. The minimum absolute atomic E-state index is 0.00791. The van der Waals surface area contributed by atoms with Crippen LogP contribution in [0.4, 0.5) is 11.4 Å². The molecule has 1 aromatic carbocycles. The van der Waals surface area contributed by atoms with Crippen molar-refractivity contribution >= 4 is 35.1 Å². The number of nitrogens with two attached hydrogens (primary N) is 1. The lowest BCUT2D eigenvalue weighted by Crippen LogP contribution is -2.44. The fourth-order valence-corrected chi connectivity index (χ4v) is 5.00. The summed E-state index contributed by atoms with van der Waals surface area (Å²) >= 11 is 0. The number of carbonyl (C=O) groups is 2.